The van der Waals surface area contributed by atoms with Gasteiger partial charge in [-0.05, 0) is 48.5 Å². The molecule has 4 nitrogen and oxygen atoms in total. The van der Waals surface area contributed by atoms with E-state index in [4.69, 9.17) is 10.5 Å². The van der Waals surface area contributed by atoms with Gasteiger partial charge < -0.3 is 10.5 Å². The number of thiocarbonyl (C=S) groups is 1. The summed E-state index contributed by atoms with van der Waals surface area (Å²) in [7, 11) is 0. The molecule has 0 unspecified atom stereocenters. The van der Waals surface area contributed by atoms with E-state index in [1.54, 1.807) is 0 Å². The monoisotopic (exact) mass is 325 g/mol. The smallest absolute Gasteiger partial charge is 0.184 e. The van der Waals surface area contributed by atoms with Crippen molar-refractivity contribution >= 4 is 29.1 Å². The van der Waals surface area contributed by atoms with Gasteiger partial charge in [-0.1, -0.05) is 48.5 Å². The Morgan fingerprint density at radius 1 is 1.17 bits per heavy atom. The highest BCUT2D eigenvalue weighted by atomic mass is 32.1. The number of hydrogen-bond donors (Lipinski definition) is 2. The molecule has 0 aliphatic rings. The van der Waals surface area contributed by atoms with E-state index in [0.29, 0.717) is 6.61 Å². The average Bonchev–Trinajstić information content (AvgIpc) is 2.58. The quantitative estimate of drug-likeness (QED) is 0.485. The first-order valence-corrected chi connectivity index (χ1v) is 7.59. The minimum Gasteiger partial charge on any atom is -0.489 e. The first kappa shape index (κ1) is 16.7. The van der Waals surface area contributed by atoms with Gasteiger partial charge in [0.2, 0.25) is 0 Å². The van der Waals surface area contributed by atoms with Gasteiger partial charge in [0.15, 0.2) is 5.11 Å². The molecular formula is C18H19N3OS. The normalized spacial score (nSPS) is 11.4. The van der Waals surface area contributed by atoms with Crippen molar-refractivity contribution in [1.29, 1.82) is 0 Å². The summed E-state index contributed by atoms with van der Waals surface area (Å²) in [5.74, 6) is 0.839. The lowest BCUT2D eigenvalue weighted by Gasteiger charge is -2.06. The van der Waals surface area contributed by atoms with Crippen LogP contribution in [0.2, 0.25) is 0 Å². The van der Waals surface area contributed by atoms with E-state index in [1.807, 2.05) is 73.7 Å². The molecule has 0 spiro atoms. The van der Waals surface area contributed by atoms with Gasteiger partial charge in [-0.2, -0.15) is 5.10 Å². The SMILES string of the molecule is CC(C=Cc1ccc(OCc2ccccc2)cc1)=NNC(N)=S. The molecule has 3 N–H and O–H groups in total. The Bertz CT molecular complexity index is 694. The number of nitrogens with two attached hydrogens (primary N) is 1. The number of rotatable bonds is 6. The summed E-state index contributed by atoms with van der Waals surface area (Å²) >= 11 is 4.69. The van der Waals surface area contributed by atoms with Crippen LogP contribution in [0.15, 0.2) is 65.8 Å². The highest BCUT2D eigenvalue weighted by Crippen LogP contribution is 2.15. The maximum atomic E-state index is 5.75. The Hall–Kier alpha value is -2.66. The lowest BCUT2D eigenvalue weighted by atomic mass is 10.2. The predicted octanol–water partition coefficient (Wildman–Crippen LogP) is 3.49. The Kier molecular flexibility index (Phi) is 6.32. The third kappa shape index (κ3) is 6.32. The summed E-state index contributed by atoms with van der Waals surface area (Å²) in [5, 5.41) is 4.16. The molecule has 0 amide bonds. The first-order chi connectivity index (χ1) is 11.1. The van der Waals surface area contributed by atoms with Crippen LogP contribution in [-0.2, 0) is 6.61 Å². The van der Waals surface area contributed by atoms with Gasteiger partial charge in [0.1, 0.15) is 12.4 Å². The lowest BCUT2D eigenvalue weighted by molar-refractivity contribution is 0.306. The Balaban J connectivity index is 1.89. The van der Waals surface area contributed by atoms with Gasteiger partial charge in [-0.25, -0.2) is 0 Å². The van der Waals surface area contributed by atoms with Gasteiger partial charge in [0.25, 0.3) is 0 Å². The lowest BCUT2D eigenvalue weighted by Crippen LogP contribution is -2.24. The third-order valence-electron chi connectivity index (χ3n) is 2.99. The van der Waals surface area contributed by atoms with E-state index in [2.05, 4.69) is 22.7 Å². The number of hydrogen-bond acceptors (Lipinski definition) is 3. The average molecular weight is 325 g/mol. The highest BCUT2D eigenvalue weighted by Gasteiger charge is 1.95. The Morgan fingerprint density at radius 2 is 1.87 bits per heavy atom. The van der Waals surface area contributed by atoms with Crippen LogP contribution in [0.25, 0.3) is 6.08 Å². The molecule has 0 aliphatic carbocycles. The molecule has 0 fully saturated rings. The number of ether oxygens (including phenoxy) is 1. The van der Waals surface area contributed by atoms with Gasteiger partial charge in [-0.3, -0.25) is 5.43 Å². The topological polar surface area (TPSA) is 59.6 Å². The summed E-state index contributed by atoms with van der Waals surface area (Å²) < 4.78 is 5.75. The summed E-state index contributed by atoms with van der Waals surface area (Å²) in [6.45, 7) is 2.42. The van der Waals surface area contributed by atoms with Gasteiger partial charge in [0, 0.05) is 0 Å². The van der Waals surface area contributed by atoms with Crippen LogP contribution < -0.4 is 15.9 Å². The number of nitrogens with zero attached hydrogens (tertiary/aromatic N) is 1. The fraction of sp³-hybridized carbons (Fsp3) is 0.111. The Labute approximate surface area is 141 Å². The zero-order valence-corrected chi connectivity index (χ0v) is 13.7. The number of nitrogens with one attached hydrogen (secondary N) is 1. The van der Waals surface area contributed by atoms with Crippen LogP contribution in [0.1, 0.15) is 18.1 Å². The van der Waals surface area contributed by atoms with Crippen molar-refractivity contribution < 1.29 is 4.74 Å². The van der Waals surface area contributed by atoms with Crippen LogP contribution >= 0.6 is 12.2 Å². The van der Waals surface area contributed by atoms with Crippen LogP contribution in [0.3, 0.4) is 0 Å². The fourth-order valence-corrected chi connectivity index (χ4v) is 1.86. The van der Waals surface area contributed by atoms with E-state index >= 15 is 0 Å². The van der Waals surface area contributed by atoms with Crippen molar-refractivity contribution in [3.8, 4) is 5.75 Å². The molecule has 5 heteroatoms. The molecule has 0 saturated carbocycles. The molecule has 0 atom stereocenters. The van der Waals surface area contributed by atoms with Crippen LogP contribution in [0, 0.1) is 0 Å². The second-order valence-corrected chi connectivity index (χ2v) is 5.35. The number of benzene rings is 2. The Morgan fingerprint density at radius 3 is 2.52 bits per heavy atom. The van der Waals surface area contributed by atoms with Crippen LogP contribution in [0.4, 0.5) is 0 Å². The molecular weight excluding hydrogens is 306 g/mol. The van der Waals surface area contributed by atoms with E-state index < -0.39 is 0 Å². The molecule has 2 aromatic carbocycles. The standard InChI is InChI=1S/C18H19N3OS/c1-14(20-21-18(19)23)7-8-15-9-11-17(12-10-15)22-13-16-5-3-2-4-6-16/h2-12H,13H2,1H3,(H3,19,21,23). The van der Waals surface area contributed by atoms with Gasteiger partial charge >= 0.3 is 0 Å². The molecule has 0 saturated heterocycles. The third-order valence-corrected chi connectivity index (χ3v) is 3.08. The molecule has 0 aliphatic heterocycles. The maximum absolute atomic E-state index is 5.75. The van der Waals surface area contributed by atoms with E-state index in [0.717, 1.165) is 22.6 Å². The second-order valence-electron chi connectivity index (χ2n) is 4.91. The van der Waals surface area contributed by atoms with Crippen molar-refractivity contribution in [3.05, 3.63) is 71.8 Å². The van der Waals surface area contributed by atoms with E-state index in [1.165, 1.54) is 0 Å². The zero-order valence-electron chi connectivity index (χ0n) is 12.9. The van der Waals surface area contributed by atoms with Gasteiger partial charge in [-0.15, -0.1) is 0 Å². The number of hydrazone groups is 1. The minimum atomic E-state index is 0.151. The van der Waals surface area contributed by atoms with Crippen LogP contribution in [0.5, 0.6) is 5.75 Å². The minimum absolute atomic E-state index is 0.151. The molecule has 118 valence electrons. The van der Waals surface area contributed by atoms with Crippen molar-refractivity contribution in [1.82, 2.24) is 5.43 Å². The number of allylic oxidation sites excluding steroid dienone is 1. The van der Waals surface area contributed by atoms with Crippen molar-refractivity contribution in [3.63, 3.8) is 0 Å². The van der Waals surface area contributed by atoms with E-state index in [9.17, 15) is 0 Å². The summed E-state index contributed by atoms with van der Waals surface area (Å²) in [5.41, 5.74) is 10.8. The highest BCUT2D eigenvalue weighted by molar-refractivity contribution is 7.80. The van der Waals surface area contributed by atoms with E-state index in [-0.39, 0.29) is 5.11 Å². The fourth-order valence-electron chi connectivity index (χ4n) is 1.81. The first-order valence-electron chi connectivity index (χ1n) is 7.18. The maximum Gasteiger partial charge on any atom is 0.184 e. The van der Waals surface area contributed by atoms with Crippen molar-refractivity contribution in [2.45, 2.75) is 13.5 Å². The summed E-state index contributed by atoms with van der Waals surface area (Å²) in [4.78, 5) is 0. The molecule has 0 radical (unpaired) electrons. The molecule has 2 rings (SSSR count). The largest absolute Gasteiger partial charge is 0.489 e. The van der Waals surface area contributed by atoms with Crippen LogP contribution in [-0.4, -0.2) is 10.8 Å². The molecule has 2 aromatic rings. The molecule has 23 heavy (non-hydrogen) atoms. The predicted molar refractivity (Wildman–Crippen MR) is 99.3 cm³/mol. The second kappa shape index (κ2) is 8.70. The van der Waals surface area contributed by atoms with Crippen molar-refractivity contribution in [2.24, 2.45) is 10.8 Å². The molecule has 0 heterocycles. The van der Waals surface area contributed by atoms with Crippen molar-refractivity contribution in [2.75, 3.05) is 0 Å². The van der Waals surface area contributed by atoms with Gasteiger partial charge in [0.05, 0.1) is 5.71 Å². The summed E-state index contributed by atoms with van der Waals surface area (Å²) in [6, 6.07) is 18.0. The zero-order chi connectivity index (χ0) is 16.5. The molecule has 0 bridgehead atoms. The summed E-state index contributed by atoms with van der Waals surface area (Å²) in [6.07, 6.45) is 3.84. The molecule has 0 aromatic heterocycles.